The summed E-state index contributed by atoms with van der Waals surface area (Å²) in [6.45, 7) is 7.16. The monoisotopic (exact) mass is 306 g/mol. The van der Waals surface area contributed by atoms with Crippen LogP contribution in [-0.2, 0) is 4.74 Å². The molecule has 21 heavy (non-hydrogen) atoms. The van der Waals surface area contributed by atoms with E-state index in [1.165, 1.54) is 6.92 Å². The normalized spacial score (nSPS) is 19.6. The highest BCUT2D eigenvalue weighted by Crippen LogP contribution is 2.28. The highest BCUT2D eigenvalue weighted by atomic mass is 19.3. The highest BCUT2D eigenvalue weighted by Gasteiger charge is 2.29. The summed E-state index contributed by atoms with van der Waals surface area (Å²) in [5, 5.41) is 5.65. The van der Waals surface area contributed by atoms with Crippen LogP contribution in [0.3, 0.4) is 0 Å². The molecule has 1 aliphatic carbocycles. The van der Waals surface area contributed by atoms with Crippen LogP contribution in [0.15, 0.2) is 0 Å². The SMILES string of the molecule is CC(NC(CNC(=O)OC(C)(C)C)C1CCCC1)C(F)F. The lowest BCUT2D eigenvalue weighted by molar-refractivity contribution is 0.0509. The van der Waals surface area contributed by atoms with Crippen LogP contribution in [0.1, 0.15) is 53.4 Å². The van der Waals surface area contributed by atoms with Crippen molar-refractivity contribution in [3.63, 3.8) is 0 Å². The van der Waals surface area contributed by atoms with Gasteiger partial charge in [0.05, 0.1) is 6.04 Å². The molecular formula is C15H28F2N2O2. The first-order valence-corrected chi connectivity index (χ1v) is 7.70. The molecule has 0 heterocycles. The average molecular weight is 306 g/mol. The van der Waals surface area contributed by atoms with E-state index in [4.69, 9.17) is 4.74 Å². The van der Waals surface area contributed by atoms with E-state index in [1.54, 1.807) is 20.8 Å². The second-order valence-corrected chi connectivity index (χ2v) is 6.82. The number of hydrogen-bond donors (Lipinski definition) is 2. The number of carbonyl (C=O) groups is 1. The minimum Gasteiger partial charge on any atom is -0.444 e. The standard InChI is InChI=1S/C15H28F2N2O2/c1-10(13(16)17)19-12(11-7-5-6-8-11)9-18-14(20)21-15(2,3)4/h10-13,19H,5-9H2,1-4H3,(H,18,20). The Morgan fingerprint density at radius 3 is 2.33 bits per heavy atom. The molecule has 0 aromatic carbocycles. The van der Waals surface area contributed by atoms with Crippen molar-refractivity contribution in [1.82, 2.24) is 10.6 Å². The quantitative estimate of drug-likeness (QED) is 0.791. The van der Waals surface area contributed by atoms with Gasteiger partial charge in [0.15, 0.2) is 0 Å². The first kappa shape index (κ1) is 18.1. The molecule has 0 aromatic heterocycles. The van der Waals surface area contributed by atoms with Crippen molar-refractivity contribution in [1.29, 1.82) is 0 Å². The van der Waals surface area contributed by atoms with Crippen molar-refractivity contribution in [2.45, 2.75) is 77.5 Å². The van der Waals surface area contributed by atoms with Crippen molar-refractivity contribution in [3.8, 4) is 0 Å². The Hall–Kier alpha value is -0.910. The van der Waals surface area contributed by atoms with Gasteiger partial charge in [-0.2, -0.15) is 0 Å². The van der Waals surface area contributed by atoms with E-state index in [-0.39, 0.29) is 6.04 Å². The maximum atomic E-state index is 12.7. The van der Waals surface area contributed by atoms with E-state index >= 15 is 0 Å². The second kappa shape index (κ2) is 7.92. The summed E-state index contributed by atoms with van der Waals surface area (Å²) in [4.78, 5) is 11.7. The Kier molecular flexibility index (Phi) is 6.84. The zero-order valence-electron chi connectivity index (χ0n) is 13.4. The van der Waals surface area contributed by atoms with Gasteiger partial charge in [0.1, 0.15) is 5.60 Å². The van der Waals surface area contributed by atoms with Crippen LogP contribution in [-0.4, -0.2) is 36.7 Å². The van der Waals surface area contributed by atoms with Crippen LogP contribution in [0.4, 0.5) is 13.6 Å². The number of amides is 1. The second-order valence-electron chi connectivity index (χ2n) is 6.82. The lowest BCUT2D eigenvalue weighted by atomic mass is 9.97. The van der Waals surface area contributed by atoms with E-state index in [2.05, 4.69) is 10.6 Å². The van der Waals surface area contributed by atoms with E-state index in [0.29, 0.717) is 12.5 Å². The lowest BCUT2D eigenvalue weighted by Gasteiger charge is -2.29. The molecule has 2 N–H and O–H groups in total. The molecule has 2 unspecified atom stereocenters. The first-order chi connectivity index (χ1) is 9.69. The number of halogens is 2. The van der Waals surface area contributed by atoms with E-state index in [9.17, 15) is 13.6 Å². The van der Waals surface area contributed by atoms with Crippen LogP contribution in [0.25, 0.3) is 0 Å². The Morgan fingerprint density at radius 2 is 1.86 bits per heavy atom. The first-order valence-electron chi connectivity index (χ1n) is 7.70. The molecule has 124 valence electrons. The van der Waals surface area contributed by atoms with E-state index < -0.39 is 24.2 Å². The van der Waals surface area contributed by atoms with Crippen molar-refractivity contribution >= 4 is 6.09 Å². The fraction of sp³-hybridized carbons (Fsp3) is 0.933. The number of rotatable bonds is 6. The molecule has 1 fully saturated rings. The fourth-order valence-corrected chi connectivity index (χ4v) is 2.64. The summed E-state index contributed by atoms with van der Waals surface area (Å²) in [6, 6.07) is -1.01. The Balaban J connectivity index is 2.50. The highest BCUT2D eigenvalue weighted by molar-refractivity contribution is 5.67. The van der Waals surface area contributed by atoms with Crippen LogP contribution in [0, 0.1) is 5.92 Å². The fourth-order valence-electron chi connectivity index (χ4n) is 2.64. The number of alkyl halides is 2. The molecule has 0 aromatic rings. The van der Waals surface area contributed by atoms with Gasteiger partial charge in [-0.1, -0.05) is 12.8 Å². The van der Waals surface area contributed by atoms with Gasteiger partial charge in [0.25, 0.3) is 6.43 Å². The number of ether oxygens (including phenoxy) is 1. The predicted molar refractivity (Wildman–Crippen MR) is 78.6 cm³/mol. The lowest BCUT2D eigenvalue weighted by Crippen LogP contribution is -2.50. The van der Waals surface area contributed by atoms with Gasteiger partial charge in [0, 0.05) is 12.6 Å². The molecule has 1 saturated carbocycles. The van der Waals surface area contributed by atoms with Crippen molar-refractivity contribution in [2.75, 3.05) is 6.54 Å². The number of alkyl carbamates (subject to hydrolysis) is 1. The molecule has 2 atom stereocenters. The molecule has 0 aliphatic heterocycles. The number of nitrogens with one attached hydrogen (secondary N) is 2. The average Bonchev–Trinajstić information content (AvgIpc) is 2.85. The minimum atomic E-state index is -2.41. The van der Waals surface area contributed by atoms with Gasteiger partial charge in [0.2, 0.25) is 0 Å². The smallest absolute Gasteiger partial charge is 0.407 e. The number of hydrogen-bond acceptors (Lipinski definition) is 3. The summed E-state index contributed by atoms with van der Waals surface area (Å²) in [5.74, 6) is 0.334. The van der Waals surface area contributed by atoms with Crippen LogP contribution in [0.2, 0.25) is 0 Å². The largest absolute Gasteiger partial charge is 0.444 e. The molecule has 0 saturated heterocycles. The maximum absolute atomic E-state index is 12.7. The van der Waals surface area contributed by atoms with Gasteiger partial charge >= 0.3 is 6.09 Å². The van der Waals surface area contributed by atoms with Gasteiger partial charge < -0.3 is 15.4 Å². The summed E-state index contributed by atoms with van der Waals surface area (Å²) >= 11 is 0. The Labute approximate surface area is 126 Å². The Bertz CT molecular complexity index is 326. The van der Waals surface area contributed by atoms with E-state index in [0.717, 1.165) is 25.7 Å². The van der Waals surface area contributed by atoms with Crippen LogP contribution < -0.4 is 10.6 Å². The maximum Gasteiger partial charge on any atom is 0.407 e. The molecule has 4 nitrogen and oxygen atoms in total. The zero-order chi connectivity index (χ0) is 16.0. The van der Waals surface area contributed by atoms with Crippen molar-refractivity contribution < 1.29 is 18.3 Å². The third-order valence-corrected chi connectivity index (χ3v) is 3.69. The third-order valence-electron chi connectivity index (χ3n) is 3.69. The molecule has 0 radical (unpaired) electrons. The number of carbonyl (C=O) groups excluding carboxylic acids is 1. The van der Waals surface area contributed by atoms with E-state index in [1.807, 2.05) is 0 Å². The van der Waals surface area contributed by atoms with Crippen LogP contribution in [0.5, 0.6) is 0 Å². The van der Waals surface area contributed by atoms with Crippen molar-refractivity contribution in [2.24, 2.45) is 5.92 Å². The molecule has 6 heteroatoms. The molecule has 1 rings (SSSR count). The molecule has 1 aliphatic rings. The van der Waals surface area contributed by atoms with Crippen molar-refractivity contribution in [3.05, 3.63) is 0 Å². The van der Waals surface area contributed by atoms with Gasteiger partial charge in [-0.25, -0.2) is 13.6 Å². The summed E-state index contributed by atoms with van der Waals surface area (Å²) in [5.41, 5.74) is -0.559. The summed E-state index contributed by atoms with van der Waals surface area (Å²) in [7, 11) is 0. The van der Waals surface area contributed by atoms with Crippen LogP contribution >= 0.6 is 0 Å². The van der Waals surface area contributed by atoms with Gasteiger partial charge in [-0.15, -0.1) is 0 Å². The Morgan fingerprint density at radius 1 is 1.29 bits per heavy atom. The molecular weight excluding hydrogens is 278 g/mol. The topological polar surface area (TPSA) is 50.4 Å². The zero-order valence-corrected chi connectivity index (χ0v) is 13.4. The van der Waals surface area contributed by atoms with Gasteiger partial charge in [-0.05, 0) is 46.5 Å². The van der Waals surface area contributed by atoms with Gasteiger partial charge in [-0.3, -0.25) is 0 Å². The molecule has 0 spiro atoms. The summed E-state index contributed by atoms with van der Waals surface area (Å²) in [6.07, 6.45) is 1.37. The predicted octanol–water partition coefficient (Wildman–Crippen LogP) is 3.31. The molecule has 1 amide bonds. The summed E-state index contributed by atoms with van der Waals surface area (Å²) < 4.78 is 30.6. The minimum absolute atomic E-state index is 0.135. The third kappa shape index (κ3) is 7.07. The molecule has 0 bridgehead atoms.